The number of carbonyl (C=O) groups excluding carboxylic acids is 2. The van der Waals surface area contributed by atoms with Gasteiger partial charge in [0.25, 0.3) is 0 Å². The normalized spacial score (nSPS) is 13.4. The number of thiazole rings is 1. The maximum atomic E-state index is 12.2. The number of aromatic nitrogens is 1. The van der Waals surface area contributed by atoms with E-state index in [-0.39, 0.29) is 24.2 Å². The van der Waals surface area contributed by atoms with E-state index in [1.165, 1.54) is 16.9 Å². The molecular formula is C18H21N3O3S. The van der Waals surface area contributed by atoms with E-state index >= 15 is 0 Å². The molecule has 132 valence electrons. The van der Waals surface area contributed by atoms with Gasteiger partial charge in [-0.1, -0.05) is 17.4 Å². The third-order valence-electron chi connectivity index (χ3n) is 4.04. The van der Waals surface area contributed by atoms with Gasteiger partial charge in [0, 0.05) is 11.6 Å². The number of esters is 1. The minimum absolute atomic E-state index is 0.0351. The molecule has 1 fully saturated rings. The molecule has 0 radical (unpaired) electrons. The molecule has 2 N–H and O–H groups in total. The minimum Gasteiger partial charge on any atom is -0.462 e. The van der Waals surface area contributed by atoms with Gasteiger partial charge < -0.3 is 15.4 Å². The topological polar surface area (TPSA) is 80.3 Å². The van der Waals surface area contributed by atoms with E-state index in [9.17, 15) is 9.59 Å². The number of benzene rings is 1. The monoisotopic (exact) mass is 359 g/mol. The van der Waals surface area contributed by atoms with Gasteiger partial charge in [0.05, 0.1) is 6.61 Å². The van der Waals surface area contributed by atoms with Crippen LogP contribution in [0.1, 0.15) is 40.6 Å². The number of nitrogens with one attached hydrogen (secondary N) is 2. The molecule has 0 spiro atoms. The van der Waals surface area contributed by atoms with E-state index in [0.717, 1.165) is 24.1 Å². The van der Waals surface area contributed by atoms with E-state index < -0.39 is 5.97 Å². The average molecular weight is 359 g/mol. The summed E-state index contributed by atoms with van der Waals surface area (Å²) in [5.74, 6) is -0.257. The predicted molar refractivity (Wildman–Crippen MR) is 98.6 cm³/mol. The first-order valence-electron chi connectivity index (χ1n) is 8.31. The van der Waals surface area contributed by atoms with Gasteiger partial charge in [0.2, 0.25) is 5.91 Å². The molecule has 6 nitrogen and oxygen atoms in total. The number of aryl methyl sites for hydroxylation is 2. The van der Waals surface area contributed by atoms with Gasteiger partial charge in [0.15, 0.2) is 15.8 Å². The van der Waals surface area contributed by atoms with Crippen molar-refractivity contribution in [1.82, 2.24) is 4.98 Å². The molecule has 1 aromatic carbocycles. The van der Waals surface area contributed by atoms with Crippen molar-refractivity contribution >= 4 is 39.9 Å². The van der Waals surface area contributed by atoms with Gasteiger partial charge >= 0.3 is 5.97 Å². The summed E-state index contributed by atoms with van der Waals surface area (Å²) in [4.78, 5) is 28.9. The summed E-state index contributed by atoms with van der Waals surface area (Å²) in [6, 6.07) is 5.99. The largest absolute Gasteiger partial charge is 0.462 e. The number of hydrogen-bond acceptors (Lipinski definition) is 6. The van der Waals surface area contributed by atoms with Crippen molar-refractivity contribution in [3.8, 4) is 0 Å². The average Bonchev–Trinajstić information content (AvgIpc) is 3.34. The number of carbonyl (C=O) groups is 2. The molecule has 0 bridgehead atoms. The van der Waals surface area contributed by atoms with Crippen LogP contribution in [0.2, 0.25) is 0 Å². The fraction of sp³-hybridized carbons (Fsp3) is 0.389. The Morgan fingerprint density at radius 3 is 2.68 bits per heavy atom. The van der Waals surface area contributed by atoms with Crippen LogP contribution in [0.25, 0.3) is 0 Å². The van der Waals surface area contributed by atoms with Crippen molar-refractivity contribution in [2.24, 2.45) is 5.92 Å². The Morgan fingerprint density at radius 2 is 2.04 bits per heavy atom. The molecule has 1 aliphatic carbocycles. The second-order valence-corrected chi connectivity index (χ2v) is 7.10. The van der Waals surface area contributed by atoms with Crippen molar-refractivity contribution in [1.29, 1.82) is 0 Å². The molecule has 1 heterocycles. The molecule has 2 aromatic rings. The number of rotatable bonds is 6. The molecule has 0 unspecified atom stereocenters. The highest BCUT2D eigenvalue weighted by Crippen LogP contribution is 2.34. The summed E-state index contributed by atoms with van der Waals surface area (Å²) < 4.78 is 5.08. The Balaban J connectivity index is 1.84. The predicted octanol–water partition coefficient (Wildman–Crippen LogP) is 4.03. The molecule has 0 aliphatic heterocycles. The Labute approximate surface area is 150 Å². The molecule has 0 atom stereocenters. The van der Waals surface area contributed by atoms with Crippen LogP contribution in [0.4, 0.5) is 16.6 Å². The van der Waals surface area contributed by atoms with Crippen LogP contribution in [0.3, 0.4) is 0 Å². The summed E-state index contributed by atoms with van der Waals surface area (Å²) in [6.45, 7) is 6.10. The van der Waals surface area contributed by atoms with Crippen LogP contribution in [-0.2, 0) is 9.53 Å². The fourth-order valence-electron chi connectivity index (χ4n) is 2.30. The third-order valence-corrected chi connectivity index (χ3v) is 4.99. The molecule has 1 aliphatic rings. The maximum absolute atomic E-state index is 12.2. The first kappa shape index (κ1) is 17.4. The Kier molecular flexibility index (Phi) is 5.03. The van der Waals surface area contributed by atoms with Crippen LogP contribution in [0, 0.1) is 19.8 Å². The highest BCUT2D eigenvalue weighted by atomic mass is 32.1. The van der Waals surface area contributed by atoms with Crippen LogP contribution in [0.5, 0.6) is 0 Å². The van der Waals surface area contributed by atoms with Crippen LogP contribution in [-0.4, -0.2) is 23.5 Å². The molecule has 0 saturated heterocycles. The number of hydrogen-bond donors (Lipinski definition) is 2. The lowest BCUT2D eigenvalue weighted by Crippen LogP contribution is -2.16. The second kappa shape index (κ2) is 7.23. The van der Waals surface area contributed by atoms with Gasteiger partial charge in [-0.05, 0) is 56.9 Å². The first-order chi connectivity index (χ1) is 12.0. The van der Waals surface area contributed by atoms with Crippen molar-refractivity contribution in [3.63, 3.8) is 0 Å². The minimum atomic E-state index is -0.473. The quantitative estimate of drug-likeness (QED) is 0.761. The summed E-state index contributed by atoms with van der Waals surface area (Å²) in [7, 11) is 0. The van der Waals surface area contributed by atoms with Gasteiger partial charge in [0.1, 0.15) is 0 Å². The van der Waals surface area contributed by atoms with E-state index in [1.54, 1.807) is 6.92 Å². The lowest BCUT2D eigenvalue weighted by Gasteiger charge is -2.05. The second-order valence-electron chi connectivity index (χ2n) is 6.10. The number of ether oxygens (including phenoxy) is 1. The standard InChI is InChI=1S/C18H21N3O3S/c1-4-24-17(23)14-15(20-16(22)12-6-7-12)21-18(25-14)19-13-8-5-10(2)11(3)9-13/h5,8-9,12H,4,6-7H2,1-3H3,(H,19,21)(H,20,22). The van der Waals surface area contributed by atoms with Crippen molar-refractivity contribution in [3.05, 3.63) is 34.2 Å². The zero-order valence-corrected chi connectivity index (χ0v) is 15.3. The molecular weight excluding hydrogens is 338 g/mol. The van der Waals surface area contributed by atoms with E-state index in [2.05, 4.69) is 15.6 Å². The molecule has 1 aromatic heterocycles. The van der Waals surface area contributed by atoms with Crippen molar-refractivity contribution < 1.29 is 14.3 Å². The lowest BCUT2D eigenvalue weighted by atomic mass is 10.1. The number of anilines is 3. The zero-order chi connectivity index (χ0) is 18.0. The van der Waals surface area contributed by atoms with Crippen molar-refractivity contribution in [2.75, 3.05) is 17.2 Å². The summed E-state index contributed by atoms with van der Waals surface area (Å²) in [5.41, 5.74) is 3.25. The van der Waals surface area contributed by atoms with Crippen LogP contribution in [0.15, 0.2) is 18.2 Å². The molecule has 3 rings (SSSR count). The smallest absolute Gasteiger partial charge is 0.352 e. The Morgan fingerprint density at radius 1 is 1.28 bits per heavy atom. The van der Waals surface area contributed by atoms with Gasteiger partial charge in [-0.15, -0.1) is 0 Å². The SMILES string of the molecule is CCOC(=O)c1sc(Nc2ccc(C)c(C)c2)nc1NC(=O)C1CC1. The molecule has 1 amide bonds. The van der Waals surface area contributed by atoms with Crippen molar-refractivity contribution in [2.45, 2.75) is 33.6 Å². The van der Waals surface area contributed by atoms with E-state index in [4.69, 9.17) is 4.74 Å². The number of amides is 1. The molecule has 7 heteroatoms. The summed E-state index contributed by atoms with van der Waals surface area (Å²) >= 11 is 1.18. The Bertz CT molecular complexity index is 812. The van der Waals surface area contributed by atoms with Crippen LogP contribution < -0.4 is 10.6 Å². The van der Waals surface area contributed by atoms with Gasteiger partial charge in [-0.3, -0.25) is 4.79 Å². The lowest BCUT2D eigenvalue weighted by molar-refractivity contribution is -0.117. The zero-order valence-electron chi connectivity index (χ0n) is 14.5. The summed E-state index contributed by atoms with van der Waals surface area (Å²) in [5, 5.41) is 6.49. The van der Waals surface area contributed by atoms with Gasteiger partial charge in [-0.2, -0.15) is 0 Å². The maximum Gasteiger partial charge on any atom is 0.352 e. The molecule has 1 saturated carbocycles. The van der Waals surface area contributed by atoms with E-state index in [0.29, 0.717) is 10.0 Å². The fourth-order valence-corrected chi connectivity index (χ4v) is 3.14. The highest BCUT2D eigenvalue weighted by molar-refractivity contribution is 7.18. The highest BCUT2D eigenvalue weighted by Gasteiger charge is 2.31. The van der Waals surface area contributed by atoms with Gasteiger partial charge in [-0.25, -0.2) is 9.78 Å². The van der Waals surface area contributed by atoms with Crippen LogP contribution >= 0.6 is 11.3 Å². The first-order valence-corrected chi connectivity index (χ1v) is 9.12. The Hall–Kier alpha value is -2.41. The number of nitrogens with zero attached hydrogens (tertiary/aromatic N) is 1. The molecule has 25 heavy (non-hydrogen) atoms. The summed E-state index contributed by atoms with van der Waals surface area (Å²) in [6.07, 6.45) is 1.77. The van der Waals surface area contributed by atoms with E-state index in [1.807, 2.05) is 32.0 Å². The third kappa shape index (κ3) is 4.17.